The Hall–Kier alpha value is -1.56. The number of rotatable bonds is 5. The first-order valence-electron chi connectivity index (χ1n) is 5.39. The van der Waals surface area contributed by atoms with Crippen molar-refractivity contribution >= 4 is 23.1 Å². The Morgan fingerprint density at radius 3 is 2.71 bits per heavy atom. The largest absolute Gasteiger partial charge is 0.393 e. The first kappa shape index (κ1) is 13.5. The molecule has 0 aliphatic rings. The van der Waals surface area contributed by atoms with Crippen molar-refractivity contribution in [1.82, 2.24) is 15.3 Å². The molecule has 1 aromatic rings. The van der Waals surface area contributed by atoms with E-state index in [0.29, 0.717) is 18.7 Å². The summed E-state index contributed by atoms with van der Waals surface area (Å²) in [6.07, 6.45) is 3.89. The molecule has 1 unspecified atom stereocenters. The lowest BCUT2D eigenvalue weighted by Crippen LogP contribution is -2.37. The van der Waals surface area contributed by atoms with Crippen LogP contribution in [0, 0.1) is 12.8 Å². The van der Waals surface area contributed by atoms with Gasteiger partial charge < -0.3 is 11.1 Å². The van der Waals surface area contributed by atoms with Crippen LogP contribution in [0.3, 0.4) is 0 Å². The molecule has 3 N–H and O–H groups in total. The second-order valence-electron chi connectivity index (χ2n) is 3.73. The van der Waals surface area contributed by atoms with Crippen LogP contribution in [0.15, 0.2) is 12.4 Å². The molecule has 6 heteroatoms. The molecule has 0 aliphatic heterocycles. The summed E-state index contributed by atoms with van der Waals surface area (Å²) in [4.78, 5) is 20.2. The Bertz CT molecular complexity index is 404. The van der Waals surface area contributed by atoms with Gasteiger partial charge in [-0.1, -0.05) is 19.1 Å². The normalized spacial score (nSPS) is 11.9. The molecule has 0 saturated heterocycles. The van der Waals surface area contributed by atoms with Gasteiger partial charge in [-0.25, -0.2) is 0 Å². The van der Waals surface area contributed by atoms with E-state index in [1.807, 2.05) is 13.8 Å². The molecule has 0 fully saturated rings. The van der Waals surface area contributed by atoms with Crippen LogP contribution in [-0.2, 0) is 11.3 Å². The molecule has 0 aromatic carbocycles. The number of aryl methyl sites for hydroxylation is 1. The summed E-state index contributed by atoms with van der Waals surface area (Å²) in [6.45, 7) is 4.07. The van der Waals surface area contributed by atoms with Gasteiger partial charge in [0.05, 0.1) is 35.0 Å². The van der Waals surface area contributed by atoms with Crippen molar-refractivity contribution in [2.24, 2.45) is 11.7 Å². The van der Waals surface area contributed by atoms with E-state index in [1.54, 1.807) is 12.4 Å². The molecule has 0 saturated carbocycles. The van der Waals surface area contributed by atoms with Crippen molar-refractivity contribution in [3.05, 3.63) is 23.8 Å². The molecule has 17 heavy (non-hydrogen) atoms. The average Bonchev–Trinajstić information content (AvgIpc) is 2.28. The summed E-state index contributed by atoms with van der Waals surface area (Å²) in [5.41, 5.74) is 7.03. The van der Waals surface area contributed by atoms with Crippen molar-refractivity contribution < 1.29 is 4.79 Å². The maximum Gasteiger partial charge on any atom is 0.230 e. The Morgan fingerprint density at radius 1 is 1.53 bits per heavy atom. The van der Waals surface area contributed by atoms with Gasteiger partial charge >= 0.3 is 0 Å². The number of carbonyl (C=O) groups is 1. The summed E-state index contributed by atoms with van der Waals surface area (Å²) in [6, 6.07) is 0. The molecule has 0 aliphatic carbocycles. The fourth-order valence-corrected chi connectivity index (χ4v) is 1.60. The first-order chi connectivity index (χ1) is 8.04. The molecule has 1 heterocycles. The lowest BCUT2D eigenvalue weighted by molar-refractivity contribution is -0.123. The third-order valence-electron chi connectivity index (χ3n) is 2.35. The highest BCUT2D eigenvalue weighted by Crippen LogP contribution is 2.03. The third-order valence-corrected chi connectivity index (χ3v) is 2.63. The smallest absolute Gasteiger partial charge is 0.230 e. The fraction of sp³-hybridized carbons (Fsp3) is 0.455. The minimum absolute atomic E-state index is 0.164. The number of nitrogens with one attached hydrogen (secondary N) is 1. The van der Waals surface area contributed by atoms with Crippen LogP contribution in [0.1, 0.15) is 24.7 Å². The summed E-state index contributed by atoms with van der Waals surface area (Å²) >= 11 is 4.83. The zero-order valence-electron chi connectivity index (χ0n) is 9.93. The highest BCUT2D eigenvalue weighted by Gasteiger charge is 2.18. The lowest BCUT2D eigenvalue weighted by Gasteiger charge is -2.12. The minimum Gasteiger partial charge on any atom is -0.393 e. The van der Waals surface area contributed by atoms with Crippen LogP contribution >= 0.6 is 12.2 Å². The molecule has 5 nitrogen and oxygen atoms in total. The Labute approximate surface area is 106 Å². The average molecular weight is 252 g/mol. The number of carbonyl (C=O) groups excluding carboxylic acids is 1. The van der Waals surface area contributed by atoms with E-state index in [-0.39, 0.29) is 10.9 Å². The predicted molar refractivity (Wildman–Crippen MR) is 69.2 cm³/mol. The monoisotopic (exact) mass is 252 g/mol. The minimum atomic E-state index is -0.414. The van der Waals surface area contributed by atoms with Crippen molar-refractivity contribution in [3.63, 3.8) is 0 Å². The second kappa shape index (κ2) is 6.24. The van der Waals surface area contributed by atoms with Crippen molar-refractivity contribution in [2.75, 3.05) is 0 Å². The number of amides is 1. The van der Waals surface area contributed by atoms with Crippen LogP contribution in [0.25, 0.3) is 0 Å². The number of hydrogen-bond donors (Lipinski definition) is 2. The van der Waals surface area contributed by atoms with Crippen LogP contribution < -0.4 is 11.1 Å². The number of hydrogen-bond acceptors (Lipinski definition) is 4. The highest BCUT2D eigenvalue weighted by atomic mass is 32.1. The maximum absolute atomic E-state index is 11.7. The van der Waals surface area contributed by atoms with Gasteiger partial charge in [0, 0.05) is 6.20 Å². The van der Waals surface area contributed by atoms with Gasteiger partial charge in [-0.15, -0.1) is 0 Å². The Kier molecular flexibility index (Phi) is 4.96. The number of aromatic nitrogens is 2. The molecule has 0 spiro atoms. The third kappa shape index (κ3) is 4.07. The van der Waals surface area contributed by atoms with Gasteiger partial charge in [0.1, 0.15) is 0 Å². The Balaban J connectivity index is 2.53. The van der Waals surface area contributed by atoms with E-state index >= 15 is 0 Å². The topological polar surface area (TPSA) is 80.9 Å². The van der Waals surface area contributed by atoms with E-state index < -0.39 is 5.92 Å². The number of nitrogens with two attached hydrogens (primary N) is 1. The summed E-state index contributed by atoms with van der Waals surface area (Å²) in [7, 11) is 0. The summed E-state index contributed by atoms with van der Waals surface area (Å²) in [5.74, 6) is -0.578. The standard InChI is InChI=1S/C11H16N4OS/c1-3-9(10(12)17)11(16)15-6-8-5-13-7(2)4-14-8/h4-5,9H,3,6H2,1-2H3,(H2,12,17)(H,15,16). The van der Waals surface area contributed by atoms with Gasteiger partial charge in [0.15, 0.2) is 0 Å². The van der Waals surface area contributed by atoms with Crippen LogP contribution in [-0.4, -0.2) is 20.9 Å². The zero-order valence-corrected chi connectivity index (χ0v) is 10.8. The molecule has 0 radical (unpaired) electrons. The van der Waals surface area contributed by atoms with Gasteiger partial charge in [-0.05, 0) is 13.3 Å². The van der Waals surface area contributed by atoms with E-state index in [4.69, 9.17) is 18.0 Å². The molecule has 1 rings (SSSR count). The molecular formula is C11H16N4OS. The van der Waals surface area contributed by atoms with Crippen LogP contribution in [0.4, 0.5) is 0 Å². The molecule has 92 valence electrons. The predicted octanol–water partition coefficient (Wildman–Crippen LogP) is 0.714. The van der Waals surface area contributed by atoms with Crippen LogP contribution in [0.2, 0.25) is 0 Å². The van der Waals surface area contributed by atoms with E-state index in [1.165, 1.54) is 0 Å². The van der Waals surface area contributed by atoms with E-state index in [9.17, 15) is 4.79 Å². The van der Waals surface area contributed by atoms with E-state index in [0.717, 1.165) is 5.69 Å². The molecule has 1 amide bonds. The fourth-order valence-electron chi connectivity index (χ4n) is 1.33. The second-order valence-corrected chi connectivity index (χ2v) is 4.20. The van der Waals surface area contributed by atoms with Gasteiger partial charge in [-0.2, -0.15) is 0 Å². The number of nitrogens with zero attached hydrogens (tertiary/aromatic N) is 2. The quantitative estimate of drug-likeness (QED) is 0.754. The highest BCUT2D eigenvalue weighted by molar-refractivity contribution is 7.80. The first-order valence-corrected chi connectivity index (χ1v) is 5.80. The number of thiocarbonyl (C=S) groups is 1. The molecule has 1 aromatic heterocycles. The van der Waals surface area contributed by atoms with Crippen molar-refractivity contribution in [1.29, 1.82) is 0 Å². The summed E-state index contributed by atoms with van der Waals surface area (Å²) < 4.78 is 0. The Morgan fingerprint density at radius 2 is 2.24 bits per heavy atom. The maximum atomic E-state index is 11.7. The molecule has 1 atom stereocenters. The van der Waals surface area contributed by atoms with E-state index in [2.05, 4.69) is 15.3 Å². The molecule has 0 bridgehead atoms. The van der Waals surface area contributed by atoms with Crippen LogP contribution in [0.5, 0.6) is 0 Å². The zero-order chi connectivity index (χ0) is 12.8. The van der Waals surface area contributed by atoms with Crippen molar-refractivity contribution in [2.45, 2.75) is 26.8 Å². The summed E-state index contributed by atoms with van der Waals surface area (Å²) in [5, 5.41) is 2.74. The van der Waals surface area contributed by atoms with Gasteiger partial charge in [0.2, 0.25) is 5.91 Å². The molecular weight excluding hydrogens is 236 g/mol. The van der Waals surface area contributed by atoms with Gasteiger partial charge in [-0.3, -0.25) is 14.8 Å². The lowest BCUT2D eigenvalue weighted by atomic mass is 10.1. The van der Waals surface area contributed by atoms with Crippen molar-refractivity contribution in [3.8, 4) is 0 Å². The van der Waals surface area contributed by atoms with Gasteiger partial charge in [0.25, 0.3) is 0 Å². The SMILES string of the molecule is CCC(C(=O)NCc1cnc(C)cn1)C(N)=S.